The van der Waals surface area contributed by atoms with Crippen molar-refractivity contribution >= 4 is 17.6 Å². The van der Waals surface area contributed by atoms with Crippen LogP contribution in [-0.4, -0.2) is 22.9 Å². The summed E-state index contributed by atoms with van der Waals surface area (Å²) < 4.78 is 97.4. The molecule has 0 spiro atoms. The van der Waals surface area contributed by atoms with Crippen LogP contribution >= 0.6 is 0 Å². The topological polar surface area (TPSA) is 97.0 Å². The molecule has 0 radical (unpaired) electrons. The average Bonchev–Trinajstić information content (AvgIpc) is 2.64. The molecule has 0 aliphatic heterocycles. The fourth-order valence-electron chi connectivity index (χ4n) is 2.24. The van der Waals surface area contributed by atoms with Crippen molar-refractivity contribution < 1.29 is 45.5 Å². The van der Waals surface area contributed by atoms with Crippen LogP contribution in [0, 0.1) is 33.4 Å². The largest absolute Gasteiger partial charge is 0.500 e. The molecule has 30 heavy (non-hydrogen) atoms. The molecule has 14 heteroatoms. The van der Waals surface area contributed by atoms with Gasteiger partial charge < -0.3 is 9.84 Å². The molecule has 0 saturated heterocycles. The van der Waals surface area contributed by atoms with Gasteiger partial charge in [-0.05, 0) is 13.0 Å². The summed E-state index contributed by atoms with van der Waals surface area (Å²) in [5, 5.41) is 23.9. The van der Waals surface area contributed by atoms with Gasteiger partial charge in [-0.25, -0.2) is 17.6 Å². The smallest absolute Gasteiger partial charge is 0.422 e. The molecule has 0 amide bonds. The fraction of sp³-hybridized carbons (Fsp3) is 0.188. The number of nitrogens with zero attached hydrogens (tertiary/aromatic N) is 2. The van der Waals surface area contributed by atoms with Crippen molar-refractivity contribution in [1.82, 2.24) is 0 Å². The Hall–Kier alpha value is -3.58. The Kier molecular flexibility index (Phi) is 6.38. The molecule has 0 saturated carbocycles. The van der Waals surface area contributed by atoms with Crippen molar-refractivity contribution in [3.8, 4) is 11.5 Å². The number of hydrazone groups is 1. The molecular weight excluding hydrogens is 431 g/mol. The van der Waals surface area contributed by atoms with Gasteiger partial charge in [-0.2, -0.15) is 18.3 Å². The number of phenols is 1. The highest BCUT2D eigenvalue weighted by Crippen LogP contribution is 2.39. The van der Waals surface area contributed by atoms with Gasteiger partial charge in [-0.1, -0.05) is 0 Å². The summed E-state index contributed by atoms with van der Waals surface area (Å²) >= 11 is 0. The van der Waals surface area contributed by atoms with Crippen molar-refractivity contribution in [2.75, 3.05) is 12.0 Å². The first-order valence-corrected chi connectivity index (χ1v) is 7.76. The van der Waals surface area contributed by atoms with E-state index in [9.17, 15) is 46.0 Å². The first-order chi connectivity index (χ1) is 13.9. The van der Waals surface area contributed by atoms with E-state index >= 15 is 0 Å². The van der Waals surface area contributed by atoms with Gasteiger partial charge >= 0.3 is 11.9 Å². The normalized spacial score (nSPS) is 11.7. The molecule has 0 atom stereocenters. The minimum atomic E-state index is -5.70. The maximum Gasteiger partial charge on any atom is 0.422 e. The molecule has 0 fully saturated rings. The predicted molar refractivity (Wildman–Crippen MR) is 88.4 cm³/mol. The van der Waals surface area contributed by atoms with Gasteiger partial charge in [0.2, 0.25) is 5.75 Å². The van der Waals surface area contributed by atoms with E-state index in [0.717, 1.165) is 12.1 Å². The standard InChI is InChI=1S/C16H10F7N3O4/c1-2-30-8-4-6(3-7(15(8)27)26(28)29)5-24-25-14-12(19)10(17)9(16(21,22)23)11(18)13(14)20/h3-5,25,27H,2H2,1H3/b24-5+. The van der Waals surface area contributed by atoms with Crippen LogP contribution in [0.4, 0.5) is 42.1 Å². The Bertz CT molecular complexity index is 996. The van der Waals surface area contributed by atoms with Crippen LogP contribution in [0.25, 0.3) is 0 Å². The first-order valence-electron chi connectivity index (χ1n) is 7.76. The third-order valence-corrected chi connectivity index (χ3v) is 3.51. The van der Waals surface area contributed by atoms with Crippen LogP contribution in [-0.2, 0) is 6.18 Å². The second kappa shape index (κ2) is 8.42. The number of halogens is 7. The number of alkyl halides is 3. The van der Waals surface area contributed by atoms with Crippen LogP contribution < -0.4 is 10.2 Å². The van der Waals surface area contributed by atoms with Crippen molar-refractivity contribution in [2.24, 2.45) is 5.10 Å². The van der Waals surface area contributed by atoms with Gasteiger partial charge in [-0.15, -0.1) is 0 Å². The maximum atomic E-state index is 13.8. The molecule has 0 aliphatic rings. The summed E-state index contributed by atoms with van der Waals surface area (Å²) in [5.41, 5.74) is -3.88. The van der Waals surface area contributed by atoms with E-state index in [1.807, 2.05) is 0 Å². The van der Waals surface area contributed by atoms with Crippen molar-refractivity contribution in [2.45, 2.75) is 13.1 Å². The molecule has 0 aliphatic carbocycles. The van der Waals surface area contributed by atoms with Crippen molar-refractivity contribution in [3.05, 3.63) is 56.6 Å². The van der Waals surface area contributed by atoms with E-state index in [1.165, 1.54) is 12.3 Å². The molecule has 2 rings (SSSR count). The van der Waals surface area contributed by atoms with E-state index in [2.05, 4.69) is 5.10 Å². The molecule has 0 bridgehead atoms. The number of hydrogen-bond acceptors (Lipinski definition) is 6. The lowest BCUT2D eigenvalue weighted by Crippen LogP contribution is -2.16. The number of ether oxygens (including phenoxy) is 1. The number of nitro benzene ring substituents is 1. The summed E-state index contributed by atoms with van der Waals surface area (Å²) in [6.07, 6.45) is -5.01. The third kappa shape index (κ3) is 4.36. The number of phenolic OH excluding ortho intramolecular Hbond substituents is 1. The average molecular weight is 441 g/mol. The van der Waals surface area contributed by atoms with Crippen molar-refractivity contribution in [1.29, 1.82) is 0 Å². The Labute approximate surface area is 162 Å². The lowest BCUT2D eigenvalue weighted by Gasteiger charge is -2.13. The summed E-state index contributed by atoms with van der Waals surface area (Å²) in [4.78, 5) is 9.99. The Morgan fingerprint density at radius 2 is 1.73 bits per heavy atom. The predicted octanol–water partition coefficient (Wildman–Crippen LogP) is 4.72. The second-order valence-electron chi connectivity index (χ2n) is 5.45. The van der Waals surface area contributed by atoms with E-state index in [1.54, 1.807) is 0 Å². The summed E-state index contributed by atoms with van der Waals surface area (Å²) in [6.45, 7) is 1.51. The number of anilines is 1. The minimum Gasteiger partial charge on any atom is -0.500 e. The van der Waals surface area contributed by atoms with Crippen molar-refractivity contribution in [3.63, 3.8) is 0 Å². The summed E-state index contributed by atoms with van der Waals surface area (Å²) in [6, 6.07) is 1.82. The first kappa shape index (κ1) is 22.7. The SMILES string of the molecule is CCOc1cc(/C=N/Nc2c(F)c(F)c(C(F)(F)F)c(F)c2F)cc([N+](=O)[O-])c1O. The highest BCUT2D eigenvalue weighted by Gasteiger charge is 2.42. The van der Waals surface area contributed by atoms with E-state index in [-0.39, 0.29) is 17.9 Å². The van der Waals surface area contributed by atoms with Gasteiger partial charge in [0.25, 0.3) is 0 Å². The lowest BCUT2D eigenvalue weighted by atomic mass is 10.1. The minimum absolute atomic E-state index is 0.00406. The molecule has 0 aromatic heterocycles. The zero-order valence-corrected chi connectivity index (χ0v) is 14.7. The highest BCUT2D eigenvalue weighted by atomic mass is 19.4. The highest BCUT2D eigenvalue weighted by molar-refractivity contribution is 5.83. The summed E-state index contributed by atoms with van der Waals surface area (Å²) in [5.74, 6) is -11.3. The Morgan fingerprint density at radius 3 is 2.20 bits per heavy atom. The molecular formula is C16H10F7N3O4. The monoisotopic (exact) mass is 441 g/mol. The quantitative estimate of drug-likeness (QED) is 0.222. The lowest BCUT2D eigenvalue weighted by molar-refractivity contribution is -0.386. The Balaban J connectivity index is 2.44. The number of hydrogen-bond donors (Lipinski definition) is 2. The molecule has 2 aromatic rings. The molecule has 7 nitrogen and oxygen atoms in total. The van der Waals surface area contributed by atoms with Gasteiger partial charge in [0.05, 0.1) is 17.7 Å². The van der Waals surface area contributed by atoms with Crippen LogP contribution in [0.15, 0.2) is 17.2 Å². The number of aromatic hydroxyl groups is 1. The molecule has 0 unspecified atom stereocenters. The van der Waals surface area contributed by atoms with Crippen LogP contribution in [0.3, 0.4) is 0 Å². The van der Waals surface area contributed by atoms with E-state index in [0.29, 0.717) is 6.21 Å². The third-order valence-electron chi connectivity index (χ3n) is 3.51. The van der Waals surface area contributed by atoms with Gasteiger partial charge in [0, 0.05) is 11.6 Å². The van der Waals surface area contributed by atoms with Crippen LogP contribution in [0.2, 0.25) is 0 Å². The van der Waals surface area contributed by atoms with Gasteiger partial charge in [-0.3, -0.25) is 15.5 Å². The van der Waals surface area contributed by atoms with Gasteiger partial charge in [0.15, 0.2) is 29.0 Å². The van der Waals surface area contributed by atoms with E-state index in [4.69, 9.17) is 4.74 Å². The summed E-state index contributed by atoms with van der Waals surface area (Å²) in [7, 11) is 0. The van der Waals surface area contributed by atoms with Crippen LogP contribution in [0.1, 0.15) is 18.1 Å². The molecule has 2 aromatic carbocycles. The fourth-order valence-corrected chi connectivity index (χ4v) is 2.24. The maximum absolute atomic E-state index is 13.8. The number of benzene rings is 2. The zero-order chi connectivity index (χ0) is 22.8. The molecule has 2 N–H and O–H groups in total. The Morgan fingerprint density at radius 1 is 1.17 bits per heavy atom. The van der Waals surface area contributed by atoms with E-state index < -0.39 is 57.1 Å². The second-order valence-corrected chi connectivity index (χ2v) is 5.45. The molecule has 0 heterocycles. The number of rotatable bonds is 6. The van der Waals surface area contributed by atoms with Crippen LogP contribution in [0.5, 0.6) is 11.5 Å². The zero-order valence-electron chi connectivity index (χ0n) is 14.7. The molecule has 162 valence electrons. The number of nitrogens with one attached hydrogen (secondary N) is 1. The number of nitro groups is 1. The van der Waals surface area contributed by atoms with Gasteiger partial charge in [0.1, 0.15) is 11.3 Å².